The summed E-state index contributed by atoms with van der Waals surface area (Å²) in [6.07, 6.45) is 6.18. The van der Waals surface area contributed by atoms with Gasteiger partial charge in [0, 0.05) is 10.8 Å². The minimum absolute atomic E-state index is 0.311. The Morgan fingerprint density at radius 2 is 1.63 bits per heavy atom. The summed E-state index contributed by atoms with van der Waals surface area (Å²) >= 11 is 0. The summed E-state index contributed by atoms with van der Waals surface area (Å²) in [4.78, 5) is 0. The van der Waals surface area contributed by atoms with E-state index in [0.717, 1.165) is 29.5 Å². The molecular formula is C17H22O2. The highest BCUT2D eigenvalue weighted by Crippen LogP contribution is 2.32. The molecule has 0 aliphatic carbocycles. The first-order valence-corrected chi connectivity index (χ1v) is 7.16. The molecule has 2 aromatic rings. The molecule has 2 rings (SSSR count). The number of hydrogen-bond acceptors (Lipinski definition) is 2. The number of phenols is 1. The minimum atomic E-state index is 0.311. The van der Waals surface area contributed by atoms with Crippen LogP contribution >= 0.6 is 0 Å². The third-order valence-electron chi connectivity index (χ3n) is 3.37. The summed E-state index contributed by atoms with van der Waals surface area (Å²) in [6, 6.07) is 11.4. The smallest absolute Gasteiger partial charge is 0.127 e. The van der Waals surface area contributed by atoms with Crippen LogP contribution in [-0.4, -0.2) is 11.7 Å². The third kappa shape index (κ3) is 3.63. The van der Waals surface area contributed by atoms with Gasteiger partial charge in [0.25, 0.3) is 0 Å². The van der Waals surface area contributed by atoms with Crippen molar-refractivity contribution in [2.75, 3.05) is 6.61 Å². The molecule has 0 aliphatic heterocycles. The zero-order chi connectivity index (χ0) is 13.5. The zero-order valence-corrected chi connectivity index (χ0v) is 11.6. The lowest BCUT2D eigenvalue weighted by atomic mass is 10.1. The molecule has 0 saturated carbocycles. The Morgan fingerprint density at radius 1 is 0.895 bits per heavy atom. The highest BCUT2D eigenvalue weighted by atomic mass is 16.5. The van der Waals surface area contributed by atoms with Gasteiger partial charge in [0.15, 0.2) is 0 Å². The van der Waals surface area contributed by atoms with Gasteiger partial charge in [-0.15, -0.1) is 0 Å². The molecule has 0 radical (unpaired) electrons. The number of aromatic hydroxyl groups is 1. The summed E-state index contributed by atoms with van der Waals surface area (Å²) in [5, 5.41) is 11.6. The summed E-state index contributed by atoms with van der Waals surface area (Å²) in [7, 11) is 0. The number of ether oxygens (including phenoxy) is 1. The maximum absolute atomic E-state index is 9.81. The molecule has 0 saturated heterocycles. The van der Waals surface area contributed by atoms with Crippen molar-refractivity contribution < 1.29 is 9.84 Å². The molecule has 2 aromatic carbocycles. The van der Waals surface area contributed by atoms with Crippen molar-refractivity contribution in [1.82, 2.24) is 0 Å². The summed E-state index contributed by atoms with van der Waals surface area (Å²) < 4.78 is 5.84. The van der Waals surface area contributed by atoms with Crippen LogP contribution in [0.5, 0.6) is 11.5 Å². The van der Waals surface area contributed by atoms with Gasteiger partial charge in [0.05, 0.1) is 6.61 Å². The Labute approximate surface area is 115 Å². The Hall–Kier alpha value is -1.70. The van der Waals surface area contributed by atoms with E-state index in [1.165, 1.54) is 25.7 Å². The van der Waals surface area contributed by atoms with Gasteiger partial charge in [-0.1, -0.05) is 56.9 Å². The predicted molar refractivity (Wildman–Crippen MR) is 79.9 cm³/mol. The van der Waals surface area contributed by atoms with E-state index in [0.29, 0.717) is 5.75 Å². The first-order chi connectivity index (χ1) is 9.33. The fraction of sp³-hybridized carbons (Fsp3) is 0.412. The highest BCUT2D eigenvalue weighted by molar-refractivity contribution is 5.92. The average Bonchev–Trinajstić information content (AvgIpc) is 2.45. The van der Waals surface area contributed by atoms with Crippen LogP contribution in [0.15, 0.2) is 36.4 Å². The van der Waals surface area contributed by atoms with Crippen LogP contribution in [0.25, 0.3) is 10.8 Å². The van der Waals surface area contributed by atoms with Crippen molar-refractivity contribution in [1.29, 1.82) is 0 Å². The fourth-order valence-electron chi connectivity index (χ4n) is 2.27. The Morgan fingerprint density at radius 3 is 2.42 bits per heavy atom. The van der Waals surface area contributed by atoms with Gasteiger partial charge in [0.2, 0.25) is 0 Å². The molecule has 2 heteroatoms. The van der Waals surface area contributed by atoms with Crippen molar-refractivity contribution >= 4 is 10.8 Å². The molecule has 1 N–H and O–H groups in total. The second kappa shape index (κ2) is 7.03. The molecule has 19 heavy (non-hydrogen) atoms. The van der Waals surface area contributed by atoms with Gasteiger partial charge in [-0.2, -0.15) is 0 Å². The van der Waals surface area contributed by atoms with E-state index in [4.69, 9.17) is 4.74 Å². The molecular weight excluding hydrogens is 236 g/mol. The first-order valence-electron chi connectivity index (χ1n) is 7.16. The van der Waals surface area contributed by atoms with Gasteiger partial charge in [-0.25, -0.2) is 0 Å². The fourth-order valence-corrected chi connectivity index (χ4v) is 2.27. The number of fused-ring (bicyclic) bond motifs is 1. The van der Waals surface area contributed by atoms with Gasteiger partial charge in [0.1, 0.15) is 11.5 Å². The third-order valence-corrected chi connectivity index (χ3v) is 3.37. The van der Waals surface area contributed by atoms with Crippen LogP contribution in [0.1, 0.15) is 39.0 Å². The van der Waals surface area contributed by atoms with Crippen LogP contribution in [-0.2, 0) is 0 Å². The Kier molecular flexibility index (Phi) is 5.08. The SMILES string of the molecule is CCCCCCCOc1ccc(O)c2ccccc12. The van der Waals surface area contributed by atoms with E-state index in [9.17, 15) is 5.11 Å². The normalized spacial score (nSPS) is 10.8. The number of benzene rings is 2. The molecule has 0 atom stereocenters. The largest absolute Gasteiger partial charge is 0.507 e. The van der Waals surface area contributed by atoms with Crippen molar-refractivity contribution in [3.05, 3.63) is 36.4 Å². The molecule has 102 valence electrons. The average molecular weight is 258 g/mol. The first kappa shape index (κ1) is 13.7. The molecule has 0 aromatic heterocycles. The molecule has 0 bridgehead atoms. The van der Waals surface area contributed by atoms with Crippen LogP contribution in [0.4, 0.5) is 0 Å². The Balaban J connectivity index is 1.96. The standard InChI is InChI=1S/C17H22O2/c1-2-3-4-5-8-13-19-17-12-11-16(18)14-9-6-7-10-15(14)17/h6-7,9-12,18H,2-5,8,13H2,1H3. The van der Waals surface area contributed by atoms with Gasteiger partial charge in [-0.05, 0) is 18.6 Å². The van der Waals surface area contributed by atoms with Gasteiger partial charge in [-0.3, -0.25) is 0 Å². The van der Waals surface area contributed by atoms with Crippen molar-refractivity contribution in [2.24, 2.45) is 0 Å². The summed E-state index contributed by atoms with van der Waals surface area (Å²) in [5.74, 6) is 1.18. The van der Waals surface area contributed by atoms with E-state index >= 15 is 0 Å². The molecule has 0 aliphatic rings. The second-order valence-electron chi connectivity index (χ2n) is 4.89. The molecule has 0 fully saturated rings. The minimum Gasteiger partial charge on any atom is -0.507 e. The molecule has 2 nitrogen and oxygen atoms in total. The molecule has 0 amide bonds. The van der Waals surface area contributed by atoms with E-state index in [1.54, 1.807) is 6.07 Å². The lowest BCUT2D eigenvalue weighted by molar-refractivity contribution is 0.307. The molecule has 0 spiro atoms. The van der Waals surface area contributed by atoms with Crippen LogP contribution in [0, 0.1) is 0 Å². The monoisotopic (exact) mass is 258 g/mol. The van der Waals surface area contributed by atoms with Crippen molar-refractivity contribution in [3.8, 4) is 11.5 Å². The number of hydrogen-bond donors (Lipinski definition) is 1. The maximum Gasteiger partial charge on any atom is 0.127 e. The van der Waals surface area contributed by atoms with E-state index < -0.39 is 0 Å². The number of rotatable bonds is 7. The maximum atomic E-state index is 9.81. The lowest BCUT2D eigenvalue weighted by Crippen LogP contribution is -1.97. The molecule has 0 heterocycles. The van der Waals surface area contributed by atoms with Gasteiger partial charge >= 0.3 is 0 Å². The van der Waals surface area contributed by atoms with Gasteiger partial charge < -0.3 is 9.84 Å². The van der Waals surface area contributed by atoms with Crippen LogP contribution < -0.4 is 4.74 Å². The summed E-state index contributed by atoms with van der Waals surface area (Å²) in [5.41, 5.74) is 0. The zero-order valence-electron chi connectivity index (χ0n) is 11.6. The van der Waals surface area contributed by atoms with E-state index in [-0.39, 0.29) is 0 Å². The topological polar surface area (TPSA) is 29.5 Å². The van der Waals surface area contributed by atoms with E-state index in [2.05, 4.69) is 6.92 Å². The predicted octanol–water partition coefficient (Wildman–Crippen LogP) is 4.89. The number of unbranched alkanes of at least 4 members (excludes halogenated alkanes) is 4. The van der Waals surface area contributed by atoms with Crippen LogP contribution in [0.3, 0.4) is 0 Å². The summed E-state index contributed by atoms with van der Waals surface area (Å²) in [6.45, 7) is 2.97. The number of phenolic OH excluding ortho intramolecular Hbond substituents is 1. The van der Waals surface area contributed by atoms with Crippen LogP contribution in [0.2, 0.25) is 0 Å². The Bertz CT molecular complexity index is 520. The van der Waals surface area contributed by atoms with E-state index in [1.807, 2.05) is 30.3 Å². The van der Waals surface area contributed by atoms with Crippen molar-refractivity contribution in [2.45, 2.75) is 39.0 Å². The lowest BCUT2D eigenvalue weighted by Gasteiger charge is -2.10. The van der Waals surface area contributed by atoms with Crippen molar-refractivity contribution in [3.63, 3.8) is 0 Å². The second-order valence-corrected chi connectivity index (χ2v) is 4.89. The highest BCUT2D eigenvalue weighted by Gasteiger charge is 2.05. The molecule has 0 unspecified atom stereocenters. The quantitative estimate of drug-likeness (QED) is 0.716.